The van der Waals surface area contributed by atoms with Crippen LogP contribution >= 0.6 is 11.3 Å². The van der Waals surface area contributed by atoms with E-state index in [0.29, 0.717) is 5.13 Å². The lowest BCUT2D eigenvalue weighted by Crippen LogP contribution is -2.13. The molecule has 1 aromatic heterocycles. The fraction of sp³-hybridized carbons (Fsp3) is 0.625. The summed E-state index contributed by atoms with van der Waals surface area (Å²) >= 11 is 1.30. The van der Waals surface area contributed by atoms with E-state index in [4.69, 9.17) is 0 Å². The Bertz CT molecular complexity index is 415. The number of rotatable bonds is 2. The molecule has 0 bridgehead atoms. The van der Waals surface area contributed by atoms with Crippen molar-refractivity contribution in [2.75, 3.05) is 11.0 Å². The van der Waals surface area contributed by atoms with Gasteiger partial charge in [-0.2, -0.15) is 0 Å². The predicted octanol–water partition coefficient (Wildman–Crippen LogP) is 1.81. The molecule has 1 N–H and O–H groups in total. The third-order valence-corrected chi connectivity index (χ3v) is 3.00. The van der Waals surface area contributed by atoms with E-state index >= 15 is 0 Å². The molecular weight excluding hydrogens is 220 g/mol. The number of sulfonamides is 1. The smallest absolute Gasteiger partial charge is 0.231 e. The van der Waals surface area contributed by atoms with E-state index in [0.717, 1.165) is 11.9 Å². The molecule has 0 aliphatic carbocycles. The van der Waals surface area contributed by atoms with E-state index in [1.165, 1.54) is 11.3 Å². The molecule has 0 aliphatic heterocycles. The molecule has 0 amide bonds. The van der Waals surface area contributed by atoms with E-state index < -0.39 is 10.0 Å². The van der Waals surface area contributed by atoms with Crippen LogP contribution in [0.25, 0.3) is 0 Å². The average Bonchev–Trinajstić information content (AvgIpc) is 2.29. The summed E-state index contributed by atoms with van der Waals surface area (Å²) in [6, 6.07) is 0. The van der Waals surface area contributed by atoms with Gasteiger partial charge in [0.25, 0.3) is 0 Å². The first-order valence-corrected chi connectivity index (χ1v) is 6.89. The van der Waals surface area contributed by atoms with Gasteiger partial charge in [0.1, 0.15) is 0 Å². The van der Waals surface area contributed by atoms with E-state index in [9.17, 15) is 8.42 Å². The molecule has 1 rings (SSSR count). The Labute approximate surface area is 88.4 Å². The molecule has 4 nitrogen and oxygen atoms in total. The standard InChI is InChI=1S/C8H14N2O2S2/c1-8(2,3)6-5-13-7(9-6)10-14(4,11)12/h5H,1-4H3,(H,9,10). The highest BCUT2D eigenvalue weighted by Gasteiger charge is 2.18. The first-order valence-electron chi connectivity index (χ1n) is 4.12. The van der Waals surface area contributed by atoms with Gasteiger partial charge in [-0.3, -0.25) is 4.72 Å². The fourth-order valence-corrected chi connectivity index (χ4v) is 2.61. The van der Waals surface area contributed by atoms with E-state index in [2.05, 4.69) is 9.71 Å². The van der Waals surface area contributed by atoms with E-state index in [-0.39, 0.29) is 5.41 Å². The Morgan fingerprint density at radius 3 is 2.36 bits per heavy atom. The maximum absolute atomic E-state index is 10.9. The van der Waals surface area contributed by atoms with Crippen LogP contribution in [0.2, 0.25) is 0 Å². The van der Waals surface area contributed by atoms with E-state index in [1.54, 1.807) is 0 Å². The van der Waals surface area contributed by atoms with Crippen molar-refractivity contribution < 1.29 is 8.42 Å². The molecule has 0 saturated heterocycles. The van der Waals surface area contributed by atoms with Crippen LogP contribution in [0.15, 0.2) is 5.38 Å². The Kier molecular flexibility index (Phi) is 2.87. The first kappa shape index (κ1) is 11.5. The van der Waals surface area contributed by atoms with Gasteiger partial charge in [-0.05, 0) is 0 Å². The maximum atomic E-state index is 10.9. The molecule has 0 spiro atoms. The lowest BCUT2D eigenvalue weighted by atomic mass is 9.93. The Morgan fingerprint density at radius 2 is 2.00 bits per heavy atom. The fourth-order valence-electron chi connectivity index (χ4n) is 0.824. The minimum atomic E-state index is -3.21. The highest BCUT2D eigenvalue weighted by Crippen LogP contribution is 2.26. The van der Waals surface area contributed by atoms with Crippen LogP contribution in [-0.2, 0) is 15.4 Å². The second-order valence-electron chi connectivity index (χ2n) is 4.16. The highest BCUT2D eigenvalue weighted by atomic mass is 32.2. The van der Waals surface area contributed by atoms with Crippen LogP contribution < -0.4 is 4.72 Å². The number of aromatic nitrogens is 1. The van der Waals surface area contributed by atoms with E-state index in [1.807, 2.05) is 26.2 Å². The summed E-state index contributed by atoms with van der Waals surface area (Å²) in [6.45, 7) is 6.10. The van der Waals surface area contributed by atoms with Crippen LogP contribution in [0.4, 0.5) is 5.13 Å². The minimum Gasteiger partial charge on any atom is -0.259 e. The maximum Gasteiger partial charge on any atom is 0.231 e. The topological polar surface area (TPSA) is 59.1 Å². The molecule has 0 aromatic carbocycles. The third kappa shape index (κ3) is 3.26. The van der Waals surface area contributed by atoms with Gasteiger partial charge >= 0.3 is 0 Å². The van der Waals surface area contributed by atoms with Crippen molar-refractivity contribution in [2.45, 2.75) is 26.2 Å². The van der Waals surface area contributed by atoms with Crippen molar-refractivity contribution in [3.63, 3.8) is 0 Å². The molecule has 14 heavy (non-hydrogen) atoms. The van der Waals surface area contributed by atoms with Crippen molar-refractivity contribution >= 4 is 26.5 Å². The summed E-state index contributed by atoms with van der Waals surface area (Å²) in [6.07, 6.45) is 1.12. The Hall–Kier alpha value is -0.620. The monoisotopic (exact) mass is 234 g/mol. The SMILES string of the molecule is CC(C)(C)c1csc(NS(C)(=O)=O)n1. The summed E-state index contributed by atoms with van der Waals surface area (Å²) in [4.78, 5) is 4.20. The van der Waals surface area contributed by atoms with Crippen molar-refractivity contribution in [1.82, 2.24) is 4.98 Å². The quantitative estimate of drug-likeness (QED) is 0.849. The van der Waals surface area contributed by atoms with Crippen molar-refractivity contribution in [3.05, 3.63) is 11.1 Å². The number of anilines is 1. The number of nitrogens with one attached hydrogen (secondary N) is 1. The number of nitrogens with zero attached hydrogens (tertiary/aromatic N) is 1. The van der Waals surface area contributed by atoms with Gasteiger partial charge in [-0.1, -0.05) is 20.8 Å². The first-order chi connectivity index (χ1) is 6.18. The van der Waals surface area contributed by atoms with Gasteiger partial charge in [0.05, 0.1) is 11.9 Å². The zero-order valence-electron chi connectivity index (χ0n) is 8.66. The Morgan fingerprint density at radius 1 is 1.43 bits per heavy atom. The zero-order valence-corrected chi connectivity index (χ0v) is 10.3. The molecular formula is C8H14N2O2S2. The molecule has 0 fully saturated rings. The van der Waals surface area contributed by atoms with Crippen molar-refractivity contribution in [2.24, 2.45) is 0 Å². The summed E-state index contributed by atoms with van der Waals surface area (Å²) < 4.78 is 24.2. The summed E-state index contributed by atoms with van der Waals surface area (Å²) in [5.41, 5.74) is 0.849. The number of hydrogen-bond donors (Lipinski definition) is 1. The van der Waals surface area contributed by atoms with Crippen molar-refractivity contribution in [3.8, 4) is 0 Å². The number of hydrogen-bond acceptors (Lipinski definition) is 4. The number of thiazole rings is 1. The molecule has 0 atom stereocenters. The minimum absolute atomic E-state index is 0.0477. The van der Waals surface area contributed by atoms with Crippen LogP contribution in [0, 0.1) is 0 Å². The molecule has 1 aromatic rings. The highest BCUT2D eigenvalue weighted by molar-refractivity contribution is 7.92. The summed E-state index contributed by atoms with van der Waals surface area (Å²) in [5, 5.41) is 2.30. The lowest BCUT2D eigenvalue weighted by Gasteiger charge is -2.14. The molecule has 0 unspecified atom stereocenters. The summed E-state index contributed by atoms with van der Waals surface area (Å²) in [5.74, 6) is 0. The zero-order chi connectivity index (χ0) is 11.0. The van der Waals surface area contributed by atoms with Gasteiger partial charge in [0.15, 0.2) is 5.13 Å². The second kappa shape index (κ2) is 3.51. The normalized spacial score (nSPS) is 12.9. The molecule has 80 valence electrons. The van der Waals surface area contributed by atoms with Gasteiger partial charge in [0.2, 0.25) is 10.0 Å². The van der Waals surface area contributed by atoms with Gasteiger partial charge < -0.3 is 0 Å². The van der Waals surface area contributed by atoms with Crippen LogP contribution in [0.5, 0.6) is 0 Å². The molecule has 0 saturated carbocycles. The van der Waals surface area contributed by atoms with Gasteiger partial charge in [-0.15, -0.1) is 11.3 Å². The van der Waals surface area contributed by atoms with Crippen LogP contribution in [-0.4, -0.2) is 19.7 Å². The van der Waals surface area contributed by atoms with Crippen LogP contribution in [0.1, 0.15) is 26.5 Å². The largest absolute Gasteiger partial charge is 0.259 e. The Balaban J connectivity index is 2.90. The van der Waals surface area contributed by atoms with Crippen LogP contribution in [0.3, 0.4) is 0 Å². The van der Waals surface area contributed by atoms with Gasteiger partial charge in [-0.25, -0.2) is 13.4 Å². The third-order valence-electron chi connectivity index (χ3n) is 1.55. The second-order valence-corrected chi connectivity index (χ2v) is 6.77. The molecule has 1 heterocycles. The summed E-state index contributed by atoms with van der Waals surface area (Å²) in [7, 11) is -3.21. The predicted molar refractivity (Wildman–Crippen MR) is 59.3 cm³/mol. The molecule has 0 aliphatic rings. The average molecular weight is 234 g/mol. The van der Waals surface area contributed by atoms with Crippen molar-refractivity contribution in [1.29, 1.82) is 0 Å². The molecule has 0 radical (unpaired) electrons. The van der Waals surface area contributed by atoms with Gasteiger partial charge in [0, 0.05) is 10.8 Å². The lowest BCUT2D eigenvalue weighted by molar-refractivity contribution is 0.573. The molecule has 6 heteroatoms.